The lowest BCUT2D eigenvalue weighted by Gasteiger charge is -2.27. The summed E-state index contributed by atoms with van der Waals surface area (Å²) in [4.78, 5) is 6.47. The van der Waals surface area contributed by atoms with E-state index in [1.165, 1.54) is 11.1 Å². The zero-order valence-electron chi connectivity index (χ0n) is 20.9. The van der Waals surface area contributed by atoms with Gasteiger partial charge < -0.3 is 23.9 Å². The molecule has 2 aromatic carbocycles. The van der Waals surface area contributed by atoms with E-state index < -0.39 is 5.60 Å². The van der Waals surface area contributed by atoms with E-state index in [-0.39, 0.29) is 0 Å². The monoisotopic (exact) mass is 479 g/mol. The van der Waals surface area contributed by atoms with Gasteiger partial charge in [0.15, 0.2) is 11.5 Å². The third-order valence-electron chi connectivity index (χ3n) is 6.55. The van der Waals surface area contributed by atoms with Gasteiger partial charge in [-0.1, -0.05) is 23.8 Å². The molecule has 7 nitrogen and oxygen atoms in total. The van der Waals surface area contributed by atoms with Crippen LogP contribution >= 0.6 is 0 Å². The largest absolute Gasteiger partial charge is 0.493 e. The Hall–Kier alpha value is -3.03. The summed E-state index contributed by atoms with van der Waals surface area (Å²) in [6.45, 7) is 6.43. The maximum Gasteiger partial charge on any atom is 0.161 e. The summed E-state index contributed by atoms with van der Waals surface area (Å²) in [5.41, 5.74) is 1.57. The number of methoxy groups -OCH3 is 1. The van der Waals surface area contributed by atoms with Crippen LogP contribution in [0.1, 0.15) is 36.8 Å². The van der Waals surface area contributed by atoms with Gasteiger partial charge in [0.05, 0.1) is 25.6 Å². The molecule has 1 fully saturated rings. The second-order valence-corrected chi connectivity index (χ2v) is 9.44. The van der Waals surface area contributed by atoms with E-state index in [2.05, 4.69) is 28.9 Å². The predicted octanol–water partition coefficient (Wildman–Crippen LogP) is 4.47. The number of likely N-dealkylation sites (tertiary alicyclic amines) is 1. The second-order valence-electron chi connectivity index (χ2n) is 9.44. The number of ether oxygens (including phenoxy) is 3. The minimum Gasteiger partial charge on any atom is -0.493 e. The van der Waals surface area contributed by atoms with Crippen molar-refractivity contribution in [3.05, 3.63) is 72.3 Å². The summed E-state index contributed by atoms with van der Waals surface area (Å²) in [6, 6.07) is 14.1. The van der Waals surface area contributed by atoms with Crippen LogP contribution in [-0.4, -0.2) is 58.6 Å². The molecule has 1 saturated heterocycles. The minimum absolute atomic E-state index is 0.323. The number of hydrogen-bond acceptors (Lipinski definition) is 6. The SMILES string of the molecule is COc1ccc(CN2CCCC(O)(COc3ccc(C)cc3)CC2)cc1OCCCn1ccnc1. The van der Waals surface area contributed by atoms with E-state index >= 15 is 0 Å². The third-order valence-corrected chi connectivity index (χ3v) is 6.55. The molecule has 1 atom stereocenters. The van der Waals surface area contributed by atoms with Crippen LogP contribution in [0.5, 0.6) is 17.2 Å². The molecule has 1 aromatic heterocycles. The topological polar surface area (TPSA) is 69.0 Å². The highest BCUT2D eigenvalue weighted by molar-refractivity contribution is 5.43. The number of benzene rings is 2. The number of aromatic nitrogens is 2. The van der Waals surface area contributed by atoms with Gasteiger partial charge >= 0.3 is 0 Å². The zero-order valence-corrected chi connectivity index (χ0v) is 20.9. The number of imidazole rings is 1. The molecule has 7 heteroatoms. The quantitative estimate of drug-likeness (QED) is 0.410. The highest BCUT2D eigenvalue weighted by Crippen LogP contribution is 2.30. The summed E-state index contributed by atoms with van der Waals surface area (Å²) in [5.74, 6) is 2.32. The van der Waals surface area contributed by atoms with Crippen LogP contribution in [0.3, 0.4) is 0 Å². The van der Waals surface area contributed by atoms with Crippen LogP contribution in [0.4, 0.5) is 0 Å². The molecule has 1 aliphatic rings. The first-order valence-corrected chi connectivity index (χ1v) is 12.4. The molecule has 3 aromatic rings. The van der Waals surface area contributed by atoms with Crippen molar-refractivity contribution in [2.24, 2.45) is 0 Å². The van der Waals surface area contributed by atoms with Crippen molar-refractivity contribution >= 4 is 0 Å². The number of aliphatic hydroxyl groups is 1. The maximum absolute atomic E-state index is 11.2. The average Bonchev–Trinajstić information content (AvgIpc) is 3.32. The summed E-state index contributed by atoms with van der Waals surface area (Å²) >= 11 is 0. The first-order valence-electron chi connectivity index (χ1n) is 12.4. The molecule has 1 aliphatic heterocycles. The van der Waals surface area contributed by atoms with Gasteiger partial charge in [-0.05, 0) is 69.0 Å². The molecule has 0 bridgehead atoms. The molecular formula is C28H37N3O4. The molecule has 0 aliphatic carbocycles. The van der Waals surface area contributed by atoms with E-state index in [1.54, 1.807) is 13.3 Å². The van der Waals surface area contributed by atoms with Crippen molar-refractivity contribution in [2.75, 3.05) is 33.4 Å². The fourth-order valence-corrected chi connectivity index (χ4v) is 4.43. The first-order chi connectivity index (χ1) is 17.0. The van der Waals surface area contributed by atoms with E-state index in [4.69, 9.17) is 14.2 Å². The second kappa shape index (κ2) is 12.1. The Morgan fingerprint density at radius 1 is 1.03 bits per heavy atom. The van der Waals surface area contributed by atoms with Gasteiger partial charge in [-0.3, -0.25) is 4.90 Å². The average molecular weight is 480 g/mol. The Labute approximate surface area is 208 Å². The van der Waals surface area contributed by atoms with Crippen LogP contribution in [0.25, 0.3) is 0 Å². The molecular weight excluding hydrogens is 442 g/mol. The van der Waals surface area contributed by atoms with E-state index in [0.717, 1.165) is 62.7 Å². The van der Waals surface area contributed by atoms with Crippen molar-refractivity contribution in [1.29, 1.82) is 0 Å². The van der Waals surface area contributed by atoms with Crippen LogP contribution in [-0.2, 0) is 13.1 Å². The summed E-state index contributed by atoms with van der Waals surface area (Å²) in [5, 5.41) is 11.2. The predicted molar refractivity (Wildman–Crippen MR) is 136 cm³/mol. The van der Waals surface area contributed by atoms with Gasteiger partial charge in [-0.25, -0.2) is 4.98 Å². The summed E-state index contributed by atoms with van der Waals surface area (Å²) in [6.07, 6.45) is 8.81. The van der Waals surface area contributed by atoms with Crippen molar-refractivity contribution in [1.82, 2.24) is 14.5 Å². The Morgan fingerprint density at radius 2 is 1.89 bits per heavy atom. The van der Waals surface area contributed by atoms with Gasteiger partial charge in [0.25, 0.3) is 0 Å². The Morgan fingerprint density at radius 3 is 2.66 bits per heavy atom. The molecule has 35 heavy (non-hydrogen) atoms. The van der Waals surface area contributed by atoms with Crippen LogP contribution in [0, 0.1) is 6.92 Å². The summed E-state index contributed by atoms with van der Waals surface area (Å²) < 4.78 is 19.5. The highest BCUT2D eigenvalue weighted by atomic mass is 16.5. The van der Waals surface area contributed by atoms with Crippen molar-refractivity contribution in [3.63, 3.8) is 0 Å². The number of hydrogen-bond donors (Lipinski definition) is 1. The maximum atomic E-state index is 11.2. The first kappa shape index (κ1) is 25.1. The molecule has 4 rings (SSSR count). The molecule has 0 radical (unpaired) electrons. The lowest BCUT2D eigenvalue weighted by molar-refractivity contribution is -0.0168. The fourth-order valence-electron chi connectivity index (χ4n) is 4.43. The molecule has 2 heterocycles. The third kappa shape index (κ3) is 7.47. The Kier molecular flexibility index (Phi) is 8.66. The van der Waals surface area contributed by atoms with Crippen molar-refractivity contribution in [3.8, 4) is 17.2 Å². The fraction of sp³-hybridized carbons (Fsp3) is 0.464. The lowest BCUT2D eigenvalue weighted by atomic mass is 9.96. The van der Waals surface area contributed by atoms with Gasteiger partial charge in [0, 0.05) is 32.0 Å². The van der Waals surface area contributed by atoms with E-state index in [1.807, 2.05) is 47.4 Å². The van der Waals surface area contributed by atoms with Crippen molar-refractivity contribution in [2.45, 2.75) is 51.3 Å². The lowest BCUT2D eigenvalue weighted by Crippen LogP contribution is -2.37. The molecule has 188 valence electrons. The van der Waals surface area contributed by atoms with Gasteiger partial charge in [-0.15, -0.1) is 0 Å². The molecule has 1 N–H and O–H groups in total. The van der Waals surface area contributed by atoms with Gasteiger partial charge in [0.1, 0.15) is 12.4 Å². The van der Waals surface area contributed by atoms with Crippen LogP contribution in [0.15, 0.2) is 61.2 Å². The number of aryl methyl sites for hydroxylation is 2. The Bertz CT molecular complexity index is 1040. The zero-order chi connectivity index (χ0) is 24.5. The molecule has 0 spiro atoms. The minimum atomic E-state index is -0.803. The van der Waals surface area contributed by atoms with Crippen molar-refractivity contribution < 1.29 is 19.3 Å². The normalized spacial score (nSPS) is 18.7. The van der Waals surface area contributed by atoms with E-state index in [9.17, 15) is 5.11 Å². The summed E-state index contributed by atoms with van der Waals surface area (Å²) in [7, 11) is 1.67. The van der Waals surface area contributed by atoms with E-state index in [0.29, 0.717) is 19.6 Å². The van der Waals surface area contributed by atoms with Gasteiger partial charge in [-0.2, -0.15) is 0 Å². The van der Waals surface area contributed by atoms with Gasteiger partial charge in [0.2, 0.25) is 0 Å². The van der Waals surface area contributed by atoms with Crippen LogP contribution < -0.4 is 14.2 Å². The molecule has 0 saturated carbocycles. The number of rotatable bonds is 11. The smallest absolute Gasteiger partial charge is 0.161 e. The number of nitrogens with zero attached hydrogens (tertiary/aromatic N) is 3. The van der Waals surface area contributed by atoms with Crippen LogP contribution in [0.2, 0.25) is 0 Å². The highest BCUT2D eigenvalue weighted by Gasteiger charge is 2.31. The molecule has 0 amide bonds. The molecule has 1 unspecified atom stereocenters. The Balaban J connectivity index is 1.28. The standard InChI is InChI=1S/C28H37N3O4/c1-23-5-8-25(9-6-23)35-21-28(32)11-3-14-30(16-12-28)20-24-7-10-26(33-2)27(19-24)34-18-4-15-31-17-13-29-22-31/h5-10,13,17,19,22,32H,3-4,11-12,14-16,18,20-21H2,1-2H3.